The second-order valence-electron chi connectivity index (χ2n) is 3.33. The number of carbonyl (C=O) groups excluding carboxylic acids is 1. The molecule has 0 heterocycles. The van der Waals surface area contributed by atoms with Gasteiger partial charge >= 0.3 is 5.97 Å². The predicted molar refractivity (Wildman–Crippen MR) is 58.8 cm³/mol. The largest absolute Gasteiger partial charge is 0.481 e. The average Bonchev–Trinajstić information content (AvgIpc) is 2.17. The third-order valence-corrected chi connectivity index (χ3v) is 3.68. The number of hydrogen-bond acceptors (Lipinski definition) is 4. The van der Waals surface area contributed by atoms with Crippen LogP contribution in [0, 0.1) is 0 Å². The van der Waals surface area contributed by atoms with Gasteiger partial charge in [0.1, 0.15) is 0 Å². The van der Waals surface area contributed by atoms with E-state index in [-0.39, 0.29) is 43.2 Å². The molecule has 2 N–H and O–H groups in total. The highest BCUT2D eigenvalue weighted by Gasteiger charge is 2.08. The fourth-order valence-electron chi connectivity index (χ4n) is 0.979. The number of carboxylic acid groups (broad SMARTS) is 1. The van der Waals surface area contributed by atoms with Gasteiger partial charge in [-0.25, -0.2) is 8.42 Å². The first-order chi connectivity index (χ1) is 7.37. The quantitative estimate of drug-likeness (QED) is 0.621. The standard InChI is InChI=1S/C9H17NO5S/c1-2-16(14,15)7-6-10-8(11)4-3-5-9(12)13/h2-7H2,1H3,(H,10,11)(H,12,13). The number of aliphatic carboxylic acids is 1. The zero-order chi connectivity index (χ0) is 12.6. The van der Waals surface area contributed by atoms with Gasteiger partial charge in [0.05, 0.1) is 5.75 Å². The summed E-state index contributed by atoms with van der Waals surface area (Å²) in [4.78, 5) is 21.3. The first-order valence-electron chi connectivity index (χ1n) is 5.06. The van der Waals surface area contributed by atoms with Crippen LogP contribution in [-0.2, 0) is 19.4 Å². The minimum absolute atomic E-state index is 0.0549. The van der Waals surface area contributed by atoms with Gasteiger partial charge in [-0.3, -0.25) is 9.59 Å². The summed E-state index contributed by atoms with van der Waals surface area (Å²) < 4.78 is 22.1. The van der Waals surface area contributed by atoms with Crippen molar-refractivity contribution in [2.45, 2.75) is 26.2 Å². The summed E-state index contributed by atoms with van der Waals surface area (Å²) >= 11 is 0. The first-order valence-corrected chi connectivity index (χ1v) is 6.88. The van der Waals surface area contributed by atoms with Crippen LogP contribution in [-0.4, -0.2) is 43.5 Å². The van der Waals surface area contributed by atoms with E-state index in [0.717, 1.165) is 0 Å². The highest BCUT2D eigenvalue weighted by atomic mass is 32.2. The summed E-state index contributed by atoms with van der Waals surface area (Å²) in [6.45, 7) is 1.63. The molecule has 0 aliphatic carbocycles. The molecule has 16 heavy (non-hydrogen) atoms. The van der Waals surface area contributed by atoms with Gasteiger partial charge in [-0.1, -0.05) is 6.92 Å². The zero-order valence-corrected chi connectivity index (χ0v) is 10.0. The van der Waals surface area contributed by atoms with E-state index in [1.54, 1.807) is 6.92 Å². The SMILES string of the molecule is CCS(=O)(=O)CCNC(=O)CCCC(=O)O. The van der Waals surface area contributed by atoms with Gasteiger partial charge in [0.25, 0.3) is 0 Å². The van der Waals surface area contributed by atoms with E-state index in [1.165, 1.54) is 0 Å². The molecular weight excluding hydrogens is 234 g/mol. The lowest BCUT2D eigenvalue weighted by Gasteiger charge is -2.04. The number of carbonyl (C=O) groups is 2. The topological polar surface area (TPSA) is 101 Å². The van der Waals surface area contributed by atoms with Crippen LogP contribution in [0.3, 0.4) is 0 Å². The van der Waals surface area contributed by atoms with Crippen LogP contribution in [0.5, 0.6) is 0 Å². The van der Waals surface area contributed by atoms with E-state index in [1.807, 2.05) is 0 Å². The molecule has 0 aliphatic heterocycles. The van der Waals surface area contributed by atoms with E-state index in [0.29, 0.717) is 0 Å². The summed E-state index contributed by atoms with van der Waals surface area (Å²) in [6, 6.07) is 0. The van der Waals surface area contributed by atoms with Gasteiger partial charge in [-0.15, -0.1) is 0 Å². The van der Waals surface area contributed by atoms with Crippen LogP contribution in [0.2, 0.25) is 0 Å². The molecular formula is C9H17NO5S. The number of rotatable bonds is 8. The highest BCUT2D eigenvalue weighted by molar-refractivity contribution is 7.91. The summed E-state index contributed by atoms with van der Waals surface area (Å²) in [5, 5.41) is 10.8. The van der Waals surface area contributed by atoms with Crippen LogP contribution >= 0.6 is 0 Å². The molecule has 0 saturated heterocycles. The number of carboxylic acids is 1. The van der Waals surface area contributed by atoms with Crippen molar-refractivity contribution in [2.75, 3.05) is 18.1 Å². The minimum Gasteiger partial charge on any atom is -0.481 e. The number of hydrogen-bond donors (Lipinski definition) is 2. The highest BCUT2D eigenvalue weighted by Crippen LogP contribution is 1.95. The lowest BCUT2D eigenvalue weighted by atomic mass is 10.2. The molecule has 0 radical (unpaired) electrons. The molecule has 0 aliphatic rings. The third kappa shape index (κ3) is 8.22. The molecule has 0 aromatic carbocycles. The molecule has 0 atom stereocenters. The second kappa shape index (κ2) is 7.21. The Labute approximate surface area is 95.0 Å². The molecule has 0 aromatic rings. The van der Waals surface area contributed by atoms with E-state index >= 15 is 0 Å². The van der Waals surface area contributed by atoms with Gasteiger partial charge in [-0.05, 0) is 6.42 Å². The minimum atomic E-state index is -3.06. The summed E-state index contributed by atoms with van der Waals surface area (Å²) in [5.41, 5.74) is 0. The van der Waals surface area contributed by atoms with Crippen molar-refractivity contribution < 1.29 is 23.1 Å². The van der Waals surface area contributed by atoms with Gasteiger partial charge < -0.3 is 10.4 Å². The summed E-state index contributed by atoms with van der Waals surface area (Å²) in [7, 11) is -3.06. The van der Waals surface area contributed by atoms with Crippen molar-refractivity contribution in [1.29, 1.82) is 0 Å². The Morgan fingerprint density at radius 1 is 1.25 bits per heavy atom. The molecule has 0 aromatic heterocycles. The molecule has 0 rings (SSSR count). The van der Waals surface area contributed by atoms with Gasteiger partial charge in [0, 0.05) is 25.1 Å². The summed E-state index contributed by atoms with van der Waals surface area (Å²) in [6.07, 6.45) is 0.320. The Morgan fingerprint density at radius 2 is 1.88 bits per heavy atom. The number of amides is 1. The van der Waals surface area contributed by atoms with Crippen LogP contribution < -0.4 is 5.32 Å². The maximum atomic E-state index is 11.1. The Morgan fingerprint density at radius 3 is 2.38 bits per heavy atom. The Kier molecular flexibility index (Phi) is 6.71. The fraction of sp³-hybridized carbons (Fsp3) is 0.778. The molecule has 1 amide bonds. The molecule has 0 fully saturated rings. The van der Waals surface area contributed by atoms with Crippen molar-refractivity contribution >= 4 is 21.7 Å². The monoisotopic (exact) mass is 251 g/mol. The molecule has 94 valence electrons. The van der Waals surface area contributed by atoms with Crippen LogP contribution in [0.25, 0.3) is 0 Å². The number of sulfone groups is 1. The normalized spacial score (nSPS) is 11.1. The van der Waals surface area contributed by atoms with Gasteiger partial charge in [0.15, 0.2) is 9.84 Å². The van der Waals surface area contributed by atoms with Crippen molar-refractivity contribution in [2.24, 2.45) is 0 Å². The molecule has 0 unspecified atom stereocenters. The Hall–Kier alpha value is -1.11. The number of nitrogens with one attached hydrogen (secondary N) is 1. The van der Waals surface area contributed by atoms with Gasteiger partial charge in [-0.2, -0.15) is 0 Å². The Bertz CT molecular complexity index is 336. The third-order valence-electron chi connectivity index (χ3n) is 1.97. The van der Waals surface area contributed by atoms with E-state index in [4.69, 9.17) is 5.11 Å². The van der Waals surface area contributed by atoms with Crippen molar-refractivity contribution in [3.05, 3.63) is 0 Å². The molecule has 6 nitrogen and oxygen atoms in total. The maximum Gasteiger partial charge on any atom is 0.303 e. The van der Waals surface area contributed by atoms with Crippen LogP contribution in [0.1, 0.15) is 26.2 Å². The predicted octanol–water partition coefficient (Wildman–Crippen LogP) is -0.208. The smallest absolute Gasteiger partial charge is 0.303 e. The zero-order valence-electron chi connectivity index (χ0n) is 9.23. The van der Waals surface area contributed by atoms with Crippen LogP contribution in [0.4, 0.5) is 0 Å². The molecule has 0 bridgehead atoms. The lowest BCUT2D eigenvalue weighted by Crippen LogP contribution is -2.29. The summed E-state index contributed by atoms with van der Waals surface area (Å²) in [5.74, 6) is -1.27. The lowest BCUT2D eigenvalue weighted by molar-refractivity contribution is -0.137. The second-order valence-corrected chi connectivity index (χ2v) is 5.81. The van der Waals surface area contributed by atoms with E-state index in [2.05, 4.69) is 5.32 Å². The maximum absolute atomic E-state index is 11.1. The van der Waals surface area contributed by atoms with Gasteiger partial charge in [0.2, 0.25) is 5.91 Å². The Balaban J connectivity index is 3.63. The van der Waals surface area contributed by atoms with Crippen LogP contribution in [0.15, 0.2) is 0 Å². The molecule has 7 heteroatoms. The fourth-order valence-corrected chi connectivity index (χ4v) is 1.68. The molecule has 0 spiro atoms. The average molecular weight is 251 g/mol. The van der Waals surface area contributed by atoms with E-state index < -0.39 is 15.8 Å². The van der Waals surface area contributed by atoms with E-state index in [9.17, 15) is 18.0 Å². The van der Waals surface area contributed by atoms with Crippen molar-refractivity contribution in [1.82, 2.24) is 5.32 Å². The molecule has 0 saturated carbocycles. The van der Waals surface area contributed by atoms with Crippen molar-refractivity contribution in [3.63, 3.8) is 0 Å². The first kappa shape index (κ1) is 14.9. The van der Waals surface area contributed by atoms with Crippen molar-refractivity contribution in [3.8, 4) is 0 Å².